The number of nitrogens with zero attached hydrogens (tertiary/aromatic N) is 5. The first kappa shape index (κ1) is 20.3. The first-order valence-corrected chi connectivity index (χ1v) is 11.0. The van der Waals surface area contributed by atoms with Crippen LogP contribution in [0.1, 0.15) is 28.1 Å². The number of nitrogens with two attached hydrogens (primary N) is 1. The Labute approximate surface area is 187 Å². The van der Waals surface area contributed by atoms with Crippen LogP contribution in [0.4, 0.5) is 4.39 Å². The summed E-state index contributed by atoms with van der Waals surface area (Å²) in [4.78, 5) is 20.5. The number of nitriles is 1. The van der Waals surface area contributed by atoms with Crippen LogP contribution in [0.25, 0.3) is 27.3 Å². The van der Waals surface area contributed by atoms with Gasteiger partial charge in [-0.3, -0.25) is 4.79 Å². The molecular formula is C23H19FN6OS. The number of carbonyl (C=O) groups is 1. The molecule has 7 nitrogen and oxygen atoms in total. The number of imidazole rings is 1. The molecule has 1 aliphatic heterocycles. The van der Waals surface area contributed by atoms with Gasteiger partial charge in [0.25, 0.3) is 5.91 Å². The normalized spacial score (nSPS) is 16.3. The molecule has 1 saturated heterocycles. The van der Waals surface area contributed by atoms with E-state index in [2.05, 4.69) is 10.1 Å². The molecule has 4 aromatic rings. The van der Waals surface area contributed by atoms with Crippen LogP contribution < -0.4 is 5.73 Å². The zero-order valence-corrected chi connectivity index (χ0v) is 17.8. The van der Waals surface area contributed by atoms with Gasteiger partial charge in [-0.2, -0.15) is 10.4 Å². The Hall–Kier alpha value is -3.61. The molecule has 0 spiro atoms. The average molecular weight is 447 g/mol. The quantitative estimate of drug-likeness (QED) is 0.517. The van der Waals surface area contributed by atoms with Gasteiger partial charge in [0.05, 0.1) is 15.3 Å². The zero-order valence-electron chi connectivity index (χ0n) is 17.0. The first-order valence-electron chi connectivity index (χ1n) is 10.2. The number of thiophene rings is 1. The Bertz CT molecular complexity index is 1370. The molecule has 4 heterocycles. The topological polar surface area (TPSA) is 100 Å². The van der Waals surface area contributed by atoms with Crippen molar-refractivity contribution in [2.75, 3.05) is 13.1 Å². The molecule has 1 atom stereocenters. The Morgan fingerprint density at radius 2 is 2.16 bits per heavy atom. The average Bonchev–Trinajstić information content (AvgIpc) is 3.45. The summed E-state index contributed by atoms with van der Waals surface area (Å²) in [6, 6.07) is 11.7. The molecule has 3 aromatic heterocycles. The number of benzene rings is 1. The Balaban J connectivity index is 1.62. The van der Waals surface area contributed by atoms with E-state index in [1.54, 1.807) is 33.9 Å². The first-order chi connectivity index (χ1) is 15.5. The lowest BCUT2D eigenvalue weighted by molar-refractivity contribution is 0.0714. The summed E-state index contributed by atoms with van der Waals surface area (Å²) in [6.07, 6.45) is 5.18. The second-order valence-corrected chi connectivity index (χ2v) is 8.81. The van der Waals surface area contributed by atoms with E-state index in [1.807, 2.05) is 18.2 Å². The van der Waals surface area contributed by atoms with E-state index in [-0.39, 0.29) is 17.5 Å². The van der Waals surface area contributed by atoms with Crippen molar-refractivity contribution in [1.29, 1.82) is 5.26 Å². The summed E-state index contributed by atoms with van der Waals surface area (Å²) >= 11 is 1.32. The minimum atomic E-state index is -0.602. The highest BCUT2D eigenvalue weighted by Gasteiger charge is 2.26. The van der Waals surface area contributed by atoms with Gasteiger partial charge < -0.3 is 10.6 Å². The maximum Gasteiger partial charge on any atom is 0.264 e. The summed E-state index contributed by atoms with van der Waals surface area (Å²) < 4.78 is 16.1. The van der Waals surface area contributed by atoms with Crippen molar-refractivity contribution >= 4 is 22.9 Å². The fourth-order valence-electron chi connectivity index (χ4n) is 3.96. The maximum atomic E-state index is 14.4. The third-order valence-electron chi connectivity index (χ3n) is 5.58. The van der Waals surface area contributed by atoms with Gasteiger partial charge in [-0.25, -0.2) is 13.9 Å². The lowest BCUT2D eigenvalue weighted by Crippen LogP contribution is -2.45. The van der Waals surface area contributed by atoms with Crippen molar-refractivity contribution in [1.82, 2.24) is 19.5 Å². The molecule has 5 rings (SSSR count). The molecule has 0 bridgehead atoms. The number of likely N-dealkylation sites (tertiary alicyclic amines) is 1. The van der Waals surface area contributed by atoms with E-state index >= 15 is 0 Å². The van der Waals surface area contributed by atoms with Crippen LogP contribution >= 0.6 is 11.3 Å². The van der Waals surface area contributed by atoms with E-state index < -0.39 is 5.82 Å². The highest BCUT2D eigenvalue weighted by molar-refractivity contribution is 7.18. The van der Waals surface area contributed by atoms with E-state index in [0.717, 1.165) is 17.7 Å². The van der Waals surface area contributed by atoms with Gasteiger partial charge in [0, 0.05) is 37.1 Å². The summed E-state index contributed by atoms with van der Waals surface area (Å²) in [5.74, 6) is -0.689. The van der Waals surface area contributed by atoms with Crippen molar-refractivity contribution in [3.05, 3.63) is 65.0 Å². The lowest BCUT2D eigenvalue weighted by atomic mass is 10.0. The maximum absolute atomic E-state index is 14.4. The van der Waals surface area contributed by atoms with Gasteiger partial charge in [-0.1, -0.05) is 6.07 Å². The van der Waals surface area contributed by atoms with Gasteiger partial charge in [0.15, 0.2) is 5.65 Å². The second-order valence-electron chi connectivity index (χ2n) is 7.76. The SMILES string of the molecule is N#Cc1ccc(-c2cc(C(=O)N3CCCC(N)C3)sc2-c2ccc3nccn3n2)cc1F. The van der Waals surface area contributed by atoms with Crippen LogP contribution in [-0.4, -0.2) is 44.5 Å². The summed E-state index contributed by atoms with van der Waals surface area (Å²) in [5.41, 5.74) is 8.66. The van der Waals surface area contributed by atoms with Gasteiger partial charge in [0.1, 0.15) is 17.6 Å². The number of hydrogen-bond donors (Lipinski definition) is 1. The molecule has 0 radical (unpaired) electrons. The summed E-state index contributed by atoms with van der Waals surface area (Å²) in [6.45, 7) is 1.19. The van der Waals surface area contributed by atoms with Gasteiger partial charge in [-0.15, -0.1) is 11.3 Å². The Kier molecular flexibility index (Phi) is 5.17. The number of hydrogen-bond acceptors (Lipinski definition) is 6. The standard InChI is InChI=1S/C23H19FN6OS/c24-18-10-14(3-4-15(18)12-25)17-11-20(23(31)29-8-1-2-16(26)13-29)32-22(17)19-5-6-21-27-7-9-30(21)28-19/h3-7,9-11,16H,1-2,8,13,26H2. The molecule has 2 N–H and O–H groups in total. The van der Waals surface area contributed by atoms with Crippen LogP contribution in [0, 0.1) is 17.1 Å². The monoisotopic (exact) mass is 446 g/mol. The lowest BCUT2D eigenvalue weighted by Gasteiger charge is -2.30. The minimum absolute atomic E-state index is 0.0236. The predicted octanol–water partition coefficient (Wildman–Crippen LogP) is 3.70. The third kappa shape index (κ3) is 3.64. The highest BCUT2D eigenvalue weighted by Crippen LogP contribution is 2.39. The predicted molar refractivity (Wildman–Crippen MR) is 120 cm³/mol. The Morgan fingerprint density at radius 1 is 1.28 bits per heavy atom. The van der Waals surface area contributed by atoms with Crippen LogP contribution in [-0.2, 0) is 0 Å². The molecule has 9 heteroatoms. The van der Waals surface area contributed by atoms with Crippen molar-refractivity contribution in [3.63, 3.8) is 0 Å². The molecule has 1 aliphatic rings. The fourth-order valence-corrected chi connectivity index (χ4v) is 5.07. The van der Waals surface area contributed by atoms with E-state index in [0.29, 0.717) is 40.4 Å². The molecule has 1 aromatic carbocycles. The number of carbonyl (C=O) groups excluding carboxylic acids is 1. The third-order valence-corrected chi connectivity index (χ3v) is 6.72. The van der Waals surface area contributed by atoms with Crippen molar-refractivity contribution in [2.24, 2.45) is 5.73 Å². The number of rotatable bonds is 3. The van der Waals surface area contributed by atoms with Gasteiger partial charge in [0.2, 0.25) is 0 Å². The molecule has 0 saturated carbocycles. The molecule has 1 unspecified atom stereocenters. The van der Waals surface area contributed by atoms with Crippen molar-refractivity contribution in [3.8, 4) is 27.8 Å². The van der Waals surface area contributed by atoms with Crippen LogP contribution in [0.3, 0.4) is 0 Å². The minimum Gasteiger partial charge on any atom is -0.336 e. The molecule has 160 valence electrons. The van der Waals surface area contributed by atoms with Crippen LogP contribution in [0.2, 0.25) is 0 Å². The van der Waals surface area contributed by atoms with Crippen molar-refractivity contribution in [2.45, 2.75) is 18.9 Å². The molecular weight excluding hydrogens is 427 g/mol. The smallest absolute Gasteiger partial charge is 0.264 e. The number of halogens is 1. The van der Waals surface area contributed by atoms with E-state index in [1.165, 1.54) is 23.5 Å². The number of amides is 1. The van der Waals surface area contributed by atoms with E-state index in [4.69, 9.17) is 11.0 Å². The van der Waals surface area contributed by atoms with Crippen molar-refractivity contribution < 1.29 is 9.18 Å². The van der Waals surface area contributed by atoms with Crippen LogP contribution in [0.15, 0.2) is 48.8 Å². The fraction of sp³-hybridized carbons (Fsp3) is 0.217. The van der Waals surface area contributed by atoms with Gasteiger partial charge in [-0.05, 0) is 48.7 Å². The zero-order chi connectivity index (χ0) is 22.2. The van der Waals surface area contributed by atoms with E-state index in [9.17, 15) is 9.18 Å². The molecule has 1 amide bonds. The second kappa shape index (κ2) is 8.15. The van der Waals surface area contributed by atoms with Crippen LogP contribution in [0.5, 0.6) is 0 Å². The number of fused-ring (bicyclic) bond motifs is 1. The molecule has 1 fully saturated rings. The number of piperidine rings is 1. The summed E-state index contributed by atoms with van der Waals surface area (Å²) in [7, 11) is 0. The highest BCUT2D eigenvalue weighted by atomic mass is 32.1. The number of aromatic nitrogens is 3. The summed E-state index contributed by atoms with van der Waals surface area (Å²) in [5, 5.41) is 13.7. The largest absolute Gasteiger partial charge is 0.336 e. The molecule has 0 aliphatic carbocycles. The Morgan fingerprint density at radius 3 is 2.94 bits per heavy atom. The molecule has 32 heavy (non-hydrogen) atoms. The van der Waals surface area contributed by atoms with Gasteiger partial charge >= 0.3 is 0 Å².